The van der Waals surface area contributed by atoms with Crippen molar-refractivity contribution in [2.24, 2.45) is 0 Å². The molecule has 0 fully saturated rings. The van der Waals surface area contributed by atoms with Gasteiger partial charge in [-0.05, 0) is 35.8 Å². The maximum absolute atomic E-state index is 11.6. The van der Waals surface area contributed by atoms with Crippen molar-refractivity contribution in [3.8, 4) is 0 Å². The Bertz CT molecular complexity index is 585. The van der Waals surface area contributed by atoms with Gasteiger partial charge in [0.1, 0.15) is 4.88 Å². The van der Waals surface area contributed by atoms with Gasteiger partial charge in [-0.25, -0.2) is 4.79 Å². The number of rotatable bonds is 8. The number of thiophene rings is 1. The Labute approximate surface area is 137 Å². The predicted octanol–water partition coefficient (Wildman–Crippen LogP) is 3.20. The summed E-state index contributed by atoms with van der Waals surface area (Å²) in [5.74, 6) is 0.207. The van der Waals surface area contributed by atoms with Gasteiger partial charge in [0.25, 0.3) is 5.91 Å². The molecule has 2 rings (SSSR count). The molecule has 0 saturated heterocycles. The first-order valence-corrected chi connectivity index (χ1v) is 8.77. The van der Waals surface area contributed by atoms with Crippen LogP contribution in [0.25, 0.3) is 0 Å². The number of carbonyl (C=O) groups is 2. The molecule has 0 unspecified atom stereocenters. The second-order valence-corrected chi connectivity index (χ2v) is 6.53. The standard InChI is InChI=1S/C16H17NO3S2/c18-15(12-20-16(19)14-8-4-10-22-14)17-9-5-11-21-13-6-2-1-3-7-13/h1-4,6-8,10H,5,9,11-12H2,(H,17,18). The van der Waals surface area contributed by atoms with Gasteiger partial charge in [-0.1, -0.05) is 24.3 Å². The van der Waals surface area contributed by atoms with E-state index in [0.717, 1.165) is 12.2 Å². The van der Waals surface area contributed by atoms with E-state index in [-0.39, 0.29) is 12.5 Å². The normalized spacial score (nSPS) is 10.2. The third-order valence-electron chi connectivity index (χ3n) is 2.71. The van der Waals surface area contributed by atoms with Crippen LogP contribution in [0.1, 0.15) is 16.1 Å². The average Bonchev–Trinajstić information content (AvgIpc) is 3.08. The van der Waals surface area contributed by atoms with E-state index in [0.29, 0.717) is 11.4 Å². The van der Waals surface area contributed by atoms with Gasteiger partial charge in [0, 0.05) is 11.4 Å². The van der Waals surface area contributed by atoms with E-state index in [9.17, 15) is 9.59 Å². The van der Waals surface area contributed by atoms with Crippen molar-refractivity contribution in [3.05, 3.63) is 52.7 Å². The van der Waals surface area contributed by atoms with Crippen molar-refractivity contribution in [1.29, 1.82) is 0 Å². The highest BCUT2D eigenvalue weighted by atomic mass is 32.2. The number of carbonyl (C=O) groups excluding carboxylic acids is 2. The molecule has 0 radical (unpaired) electrons. The Morgan fingerprint density at radius 1 is 1.14 bits per heavy atom. The molecule has 4 nitrogen and oxygen atoms in total. The number of benzene rings is 1. The molecule has 0 aliphatic heterocycles. The molecule has 0 bridgehead atoms. The summed E-state index contributed by atoms with van der Waals surface area (Å²) < 4.78 is 4.93. The van der Waals surface area contributed by atoms with Gasteiger partial charge in [0.2, 0.25) is 0 Å². The molecule has 0 aliphatic carbocycles. The molecule has 22 heavy (non-hydrogen) atoms. The molecule has 1 aromatic carbocycles. The monoisotopic (exact) mass is 335 g/mol. The lowest BCUT2D eigenvalue weighted by Gasteiger charge is -2.06. The van der Waals surface area contributed by atoms with Crippen LogP contribution in [-0.2, 0) is 9.53 Å². The van der Waals surface area contributed by atoms with Crippen molar-refractivity contribution in [1.82, 2.24) is 5.32 Å². The van der Waals surface area contributed by atoms with Crippen LogP contribution in [0.15, 0.2) is 52.7 Å². The Hall–Kier alpha value is -1.79. The summed E-state index contributed by atoms with van der Waals surface area (Å²) in [4.78, 5) is 24.8. The third kappa shape index (κ3) is 5.91. The second kappa shape index (κ2) is 9.27. The molecule has 1 amide bonds. The number of nitrogens with one attached hydrogen (secondary N) is 1. The van der Waals surface area contributed by atoms with Crippen LogP contribution in [0.4, 0.5) is 0 Å². The van der Waals surface area contributed by atoms with E-state index in [4.69, 9.17) is 4.74 Å². The Morgan fingerprint density at radius 2 is 1.95 bits per heavy atom. The molecule has 2 aromatic rings. The number of esters is 1. The fourth-order valence-corrected chi connectivity index (χ4v) is 3.14. The maximum atomic E-state index is 11.6. The molecule has 1 heterocycles. The van der Waals surface area contributed by atoms with Crippen LogP contribution < -0.4 is 5.32 Å². The number of ether oxygens (including phenoxy) is 1. The first kappa shape index (κ1) is 16.6. The van der Waals surface area contributed by atoms with Crippen molar-refractivity contribution < 1.29 is 14.3 Å². The Morgan fingerprint density at radius 3 is 2.68 bits per heavy atom. The zero-order valence-corrected chi connectivity index (χ0v) is 13.6. The minimum Gasteiger partial charge on any atom is -0.451 e. The van der Waals surface area contributed by atoms with E-state index >= 15 is 0 Å². The van der Waals surface area contributed by atoms with Gasteiger partial charge < -0.3 is 10.1 Å². The first-order chi connectivity index (χ1) is 10.8. The lowest BCUT2D eigenvalue weighted by atomic mass is 10.4. The van der Waals surface area contributed by atoms with Crippen molar-refractivity contribution in [2.75, 3.05) is 18.9 Å². The summed E-state index contributed by atoms with van der Waals surface area (Å²) in [7, 11) is 0. The van der Waals surface area contributed by atoms with Gasteiger partial charge in [0.05, 0.1) is 0 Å². The summed E-state index contributed by atoms with van der Waals surface area (Å²) in [6.45, 7) is 0.345. The minimum atomic E-state index is -0.454. The zero-order chi connectivity index (χ0) is 15.6. The minimum absolute atomic E-state index is 0.234. The molecule has 0 aliphatic rings. The zero-order valence-electron chi connectivity index (χ0n) is 12.0. The number of hydrogen-bond acceptors (Lipinski definition) is 5. The molecule has 116 valence electrons. The molecule has 1 N–H and O–H groups in total. The highest BCUT2D eigenvalue weighted by molar-refractivity contribution is 7.99. The van der Waals surface area contributed by atoms with Gasteiger partial charge in [-0.2, -0.15) is 0 Å². The molecule has 0 spiro atoms. The van der Waals surface area contributed by atoms with Crippen LogP contribution in [0.2, 0.25) is 0 Å². The molecule has 0 atom stereocenters. The summed E-state index contributed by atoms with van der Waals surface area (Å²) >= 11 is 3.05. The van der Waals surface area contributed by atoms with Crippen LogP contribution in [-0.4, -0.2) is 30.8 Å². The topological polar surface area (TPSA) is 55.4 Å². The highest BCUT2D eigenvalue weighted by Gasteiger charge is 2.10. The van der Waals surface area contributed by atoms with E-state index in [1.165, 1.54) is 16.2 Å². The lowest BCUT2D eigenvalue weighted by molar-refractivity contribution is -0.124. The molecular formula is C16H17NO3S2. The van der Waals surface area contributed by atoms with Crippen molar-refractivity contribution >= 4 is 35.0 Å². The molecule has 6 heteroatoms. The van der Waals surface area contributed by atoms with E-state index in [1.54, 1.807) is 29.3 Å². The van der Waals surface area contributed by atoms with E-state index < -0.39 is 5.97 Å². The van der Waals surface area contributed by atoms with Crippen LogP contribution >= 0.6 is 23.1 Å². The van der Waals surface area contributed by atoms with Gasteiger partial charge in [-0.3, -0.25) is 4.79 Å². The van der Waals surface area contributed by atoms with E-state index in [2.05, 4.69) is 17.4 Å². The summed E-state index contributed by atoms with van der Waals surface area (Å²) in [5.41, 5.74) is 0. The molecule has 1 aromatic heterocycles. The van der Waals surface area contributed by atoms with Crippen molar-refractivity contribution in [2.45, 2.75) is 11.3 Å². The number of amides is 1. The maximum Gasteiger partial charge on any atom is 0.348 e. The average molecular weight is 335 g/mol. The SMILES string of the molecule is O=C(COC(=O)c1cccs1)NCCCSc1ccccc1. The number of hydrogen-bond donors (Lipinski definition) is 1. The van der Waals surface area contributed by atoms with Gasteiger partial charge in [-0.15, -0.1) is 23.1 Å². The highest BCUT2D eigenvalue weighted by Crippen LogP contribution is 2.17. The van der Waals surface area contributed by atoms with Crippen LogP contribution in [0.5, 0.6) is 0 Å². The quantitative estimate of drug-likeness (QED) is 0.457. The Kier molecular flexibility index (Phi) is 6.99. The van der Waals surface area contributed by atoms with Crippen LogP contribution in [0, 0.1) is 0 Å². The predicted molar refractivity (Wildman–Crippen MR) is 89.4 cm³/mol. The smallest absolute Gasteiger partial charge is 0.348 e. The van der Waals surface area contributed by atoms with Gasteiger partial charge >= 0.3 is 5.97 Å². The van der Waals surface area contributed by atoms with E-state index in [1.807, 2.05) is 18.2 Å². The van der Waals surface area contributed by atoms with Crippen molar-refractivity contribution in [3.63, 3.8) is 0 Å². The first-order valence-electron chi connectivity index (χ1n) is 6.91. The summed E-state index contributed by atoms with van der Waals surface area (Å²) in [6, 6.07) is 13.6. The Balaban J connectivity index is 1.53. The lowest BCUT2D eigenvalue weighted by Crippen LogP contribution is -2.29. The van der Waals surface area contributed by atoms with Crippen LogP contribution in [0.3, 0.4) is 0 Å². The largest absolute Gasteiger partial charge is 0.451 e. The fourth-order valence-electron chi connectivity index (χ4n) is 1.65. The summed E-state index contributed by atoms with van der Waals surface area (Å²) in [6.07, 6.45) is 0.865. The summed E-state index contributed by atoms with van der Waals surface area (Å²) in [5, 5.41) is 4.54. The second-order valence-electron chi connectivity index (χ2n) is 4.42. The third-order valence-corrected chi connectivity index (χ3v) is 4.66. The molecular weight excluding hydrogens is 318 g/mol. The van der Waals surface area contributed by atoms with Gasteiger partial charge in [0.15, 0.2) is 6.61 Å². The number of thioether (sulfide) groups is 1. The molecule has 0 saturated carbocycles. The fraction of sp³-hybridized carbons (Fsp3) is 0.250.